The number of carbonyl (C=O) groups excluding carboxylic acids is 2. The van der Waals surface area contributed by atoms with Crippen LogP contribution in [0.2, 0.25) is 10.0 Å². The predicted octanol–water partition coefficient (Wildman–Crippen LogP) is 4.46. The molecule has 2 atom stereocenters. The van der Waals surface area contributed by atoms with E-state index in [0.717, 1.165) is 0 Å². The lowest BCUT2D eigenvalue weighted by Gasteiger charge is -2.40. The van der Waals surface area contributed by atoms with E-state index in [-0.39, 0.29) is 11.7 Å². The van der Waals surface area contributed by atoms with Crippen molar-refractivity contribution in [1.82, 2.24) is 0 Å². The maximum atomic E-state index is 12.7. The zero-order valence-electron chi connectivity index (χ0n) is 12.4. The average Bonchev–Trinajstić information content (AvgIpc) is 2.35. The van der Waals surface area contributed by atoms with Crippen molar-refractivity contribution in [3.63, 3.8) is 0 Å². The first-order valence-corrected chi connectivity index (χ1v) is 7.62. The molecular formula is C16H18Cl2O3. The van der Waals surface area contributed by atoms with Gasteiger partial charge < -0.3 is 4.74 Å². The molecule has 1 aliphatic rings. The van der Waals surface area contributed by atoms with E-state index in [1.54, 1.807) is 32.0 Å². The van der Waals surface area contributed by atoms with Gasteiger partial charge in [0.1, 0.15) is 11.5 Å². The molecule has 5 heteroatoms. The molecule has 0 spiro atoms. The Hall–Kier alpha value is -1.06. The molecule has 1 aromatic rings. The van der Waals surface area contributed by atoms with Crippen LogP contribution in [0.5, 0.6) is 0 Å². The number of cyclic esters (lactones) is 1. The standard InChI is InChI=1S/C16H18Cl2O3/c1-8(2)12-13(10-6-5-9(17)7-11(10)18)21-15(20)16(3,4)14(12)19/h5-8,12-13H,1-4H3/t12-,13-/m1/s1. The van der Waals surface area contributed by atoms with Crippen LogP contribution >= 0.6 is 23.2 Å². The van der Waals surface area contributed by atoms with Crippen LogP contribution in [0.4, 0.5) is 0 Å². The van der Waals surface area contributed by atoms with Gasteiger partial charge in [-0.2, -0.15) is 0 Å². The van der Waals surface area contributed by atoms with Gasteiger partial charge in [-0.05, 0) is 31.9 Å². The molecule has 2 rings (SSSR count). The fourth-order valence-electron chi connectivity index (χ4n) is 2.63. The third-order valence-electron chi connectivity index (χ3n) is 3.98. The van der Waals surface area contributed by atoms with E-state index < -0.39 is 23.4 Å². The van der Waals surface area contributed by atoms with E-state index in [1.165, 1.54) is 0 Å². The number of hydrogen-bond donors (Lipinski definition) is 0. The van der Waals surface area contributed by atoms with Gasteiger partial charge in [-0.15, -0.1) is 0 Å². The van der Waals surface area contributed by atoms with Crippen molar-refractivity contribution >= 4 is 35.0 Å². The molecule has 0 radical (unpaired) electrons. The maximum absolute atomic E-state index is 12.7. The van der Waals surface area contributed by atoms with Gasteiger partial charge in [0.2, 0.25) is 0 Å². The van der Waals surface area contributed by atoms with Gasteiger partial charge in [-0.1, -0.05) is 43.1 Å². The summed E-state index contributed by atoms with van der Waals surface area (Å²) in [6, 6.07) is 4.98. The van der Waals surface area contributed by atoms with Gasteiger partial charge in [0.05, 0.1) is 5.92 Å². The number of halogens is 2. The molecule has 0 aliphatic carbocycles. The van der Waals surface area contributed by atoms with E-state index in [0.29, 0.717) is 15.6 Å². The fraction of sp³-hybridized carbons (Fsp3) is 0.500. The Kier molecular flexibility index (Phi) is 4.36. The summed E-state index contributed by atoms with van der Waals surface area (Å²) in [5.41, 5.74) is -0.499. The van der Waals surface area contributed by atoms with Crippen molar-refractivity contribution in [3.8, 4) is 0 Å². The Morgan fingerprint density at radius 2 is 1.81 bits per heavy atom. The lowest BCUT2D eigenvalue weighted by molar-refractivity contribution is -0.181. The number of Topliss-reactive ketones (excluding diaryl/α,β-unsaturated/α-hetero) is 1. The zero-order chi connectivity index (χ0) is 15.9. The van der Waals surface area contributed by atoms with Gasteiger partial charge in [-0.3, -0.25) is 9.59 Å². The first-order chi connectivity index (χ1) is 9.66. The molecule has 0 bridgehead atoms. The topological polar surface area (TPSA) is 43.4 Å². The molecule has 0 saturated carbocycles. The monoisotopic (exact) mass is 328 g/mol. The Labute approximate surface area is 134 Å². The summed E-state index contributed by atoms with van der Waals surface area (Å²) in [6.07, 6.45) is -0.664. The van der Waals surface area contributed by atoms with Crippen LogP contribution in [0.15, 0.2) is 18.2 Å². The highest BCUT2D eigenvalue weighted by Crippen LogP contribution is 2.45. The summed E-state index contributed by atoms with van der Waals surface area (Å²) in [5.74, 6) is -1.01. The molecule has 1 saturated heterocycles. The molecule has 1 fully saturated rings. The molecule has 0 amide bonds. The Bertz CT molecular complexity index is 593. The number of benzene rings is 1. The maximum Gasteiger partial charge on any atom is 0.319 e. The molecule has 21 heavy (non-hydrogen) atoms. The van der Waals surface area contributed by atoms with Crippen molar-refractivity contribution < 1.29 is 14.3 Å². The van der Waals surface area contributed by atoms with Crippen molar-refractivity contribution in [3.05, 3.63) is 33.8 Å². The van der Waals surface area contributed by atoms with Crippen LogP contribution < -0.4 is 0 Å². The smallest absolute Gasteiger partial charge is 0.319 e. The first kappa shape index (κ1) is 16.3. The third kappa shape index (κ3) is 2.82. The minimum atomic E-state index is -1.12. The molecular weight excluding hydrogens is 311 g/mol. The first-order valence-electron chi connectivity index (χ1n) is 6.86. The number of ketones is 1. The number of ether oxygens (including phenoxy) is 1. The van der Waals surface area contributed by atoms with Crippen molar-refractivity contribution in [2.45, 2.75) is 33.8 Å². The average molecular weight is 329 g/mol. The minimum absolute atomic E-state index is 0.0293. The van der Waals surface area contributed by atoms with Gasteiger partial charge in [0.15, 0.2) is 5.78 Å². The van der Waals surface area contributed by atoms with E-state index in [4.69, 9.17) is 27.9 Å². The summed E-state index contributed by atoms with van der Waals surface area (Å²) in [4.78, 5) is 24.8. The Morgan fingerprint density at radius 3 is 2.33 bits per heavy atom. The molecule has 0 unspecified atom stereocenters. The normalized spacial score (nSPS) is 25.1. The summed E-state index contributed by atoms with van der Waals surface area (Å²) >= 11 is 12.1. The molecule has 0 N–H and O–H groups in total. The second-order valence-corrected chi connectivity index (χ2v) is 7.09. The molecule has 114 valence electrons. The van der Waals surface area contributed by atoms with Crippen LogP contribution in [0.25, 0.3) is 0 Å². The third-order valence-corrected chi connectivity index (χ3v) is 4.54. The van der Waals surface area contributed by atoms with Crippen LogP contribution in [0.1, 0.15) is 39.4 Å². The lowest BCUT2D eigenvalue weighted by Crippen LogP contribution is -2.49. The predicted molar refractivity (Wildman–Crippen MR) is 82.4 cm³/mol. The largest absolute Gasteiger partial charge is 0.456 e. The van der Waals surface area contributed by atoms with Gasteiger partial charge in [0, 0.05) is 15.6 Å². The second-order valence-electron chi connectivity index (χ2n) is 6.25. The van der Waals surface area contributed by atoms with E-state index in [2.05, 4.69) is 0 Å². The van der Waals surface area contributed by atoms with Crippen molar-refractivity contribution in [2.75, 3.05) is 0 Å². The number of hydrogen-bond acceptors (Lipinski definition) is 3. The fourth-order valence-corrected chi connectivity index (χ4v) is 3.15. The zero-order valence-corrected chi connectivity index (χ0v) is 14.0. The minimum Gasteiger partial charge on any atom is -0.456 e. The van der Waals surface area contributed by atoms with E-state index in [9.17, 15) is 9.59 Å². The van der Waals surface area contributed by atoms with Gasteiger partial charge >= 0.3 is 5.97 Å². The molecule has 1 heterocycles. The number of esters is 1. The highest BCUT2D eigenvalue weighted by molar-refractivity contribution is 6.35. The van der Waals surface area contributed by atoms with Crippen LogP contribution in [0, 0.1) is 17.3 Å². The van der Waals surface area contributed by atoms with E-state index in [1.807, 2.05) is 13.8 Å². The number of rotatable bonds is 2. The van der Waals surface area contributed by atoms with Crippen LogP contribution in [-0.4, -0.2) is 11.8 Å². The van der Waals surface area contributed by atoms with Gasteiger partial charge in [-0.25, -0.2) is 0 Å². The Balaban J connectivity index is 2.51. The molecule has 0 aromatic heterocycles. The second kappa shape index (κ2) is 5.62. The highest BCUT2D eigenvalue weighted by Gasteiger charge is 2.52. The van der Waals surface area contributed by atoms with Crippen LogP contribution in [-0.2, 0) is 14.3 Å². The van der Waals surface area contributed by atoms with Crippen molar-refractivity contribution in [1.29, 1.82) is 0 Å². The summed E-state index contributed by atoms with van der Waals surface area (Å²) in [5, 5.41) is 0.900. The SMILES string of the molecule is CC(C)[C@H]1C(=O)C(C)(C)C(=O)O[C@@H]1c1ccc(Cl)cc1Cl. The summed E-state index contributed by atoms with van der Waals surface area (Å²) in [7, 11) is 0. The highest BCUT2D eigenvalue weighted by atomic mass is 35.5. The quantitative estimate of drug-likeness (QED) is 0.594. The van der Waals surface area contributed by atoms with Crippen LogP contribution in [0.3, 0.4) is 0 Å². The number of carbonyl (C=O) groups is 2. The molecule has 1 aliphatic heterocycles. The molecule has 1 aromatic carbocycles. The van der Waals surface area contributed by atoms with Gasteiger partial charge in [0.25, 0.3) is 0 Å². The summed E-state index contributed by atoms with van der Waals surface area (Å²) < 4.78 is 5.57. The summed E-state index contributed by atoms with van der Waals surface area (Å²) in [6.45, 7) is 7.09. The molecule has 3 nitrogen and oxygen atoms in total. The Morgan fingerprint density at radius 1 is 1.19 bits per heavy atom. The lowest BCUT2D eigenvalue weighted by atomic mass is 9.71. The van der Waals surface area contributed by atoms with Crippen molar-refractivity contribution in [2.24, 2.45) is 17.3 Å². The van der Waals surface area contributed by atoms with E-state index >= 15 is 0 Å².